The van der Waals surface area contributed by atoms with Crippen LogP contribution in [0, 0.1) is 0 Å². The van der Waals surface area contributed by atoms with Gasteiger partial charge < -0.3 is 5.32 Å². The molecule has 0 aliphatic heterocycles. The maximum atomic E-state index is 12.7. The number of rotatable bonds is 4. The molecule has 0 radical (unpaired) electrons. The first-order valence-corrected chi connectivity index (χ1v) is 10.6. The van der Waals surface area contributed by atoms with Crippen molar-refractivity contribution in [3.05, 3.63) is 65.5 Å². The molecule has 0 aliphatic carbocycles. The second-order valence-electron chi connectivity index (χ2n) is 5.30. The van der Waals surface area contributed by atoms with E-state index in [2.05, 4.69) is 11.4 Å². The van der Waals surface area contributed by atoms with E-state index in [9.17, 15) is 4.79 Å². The second-order valence-corrected chi connectivity index (χ2v) is 8.10. The van der Waals surface area contributed by atoms with Crippen molar-refractivity contribution in [1.29, 1.82) is 0 Å². The molecule has 0 bridgehead atoms. The van der Waals surface area contributed by atoms with Crippen LogP contribution in [0.4, 0.5) is 5.00 Å². The molecule has 0 spiro atoms. The Kier molecular flexibility index (Phi) is 4.57. The van der Waals surface area contributed by atoms with Crippen LogP contribution in [0.1, 0.15) is 10.4 Å². The van der Waals surface area contributed by atoms with Gasteiger partial charge in [-0.15, -0.1) is 34.4 Å². The van der Waals surface area contributed by atoms with E-state index in [4.69, 9.17) is 4.98 Å². The predicted octanol–water partition coefficient (Wildman–Crippen LogP) is 6.00. The van der Waals surface area contributed by atoms with E-state index in [1.807, 2.05) is 60.2 Å². The van der Waals surface area contributed by atoms with Gasteiger partial charge in [0.2, 0.25) is 0 Å². The molecule has 2 heterocycles. The number of amides is 1. The van der Waals surface area contributed by atoms with E-state index < -0.39 is 0 Å². The van der Waals surface area contributed by atoms with Gasteiger partial charge in [-0.1, -0.05) is 24.3 Å². The molecule has 0 fully saturated rings. The number of thioether (sulfide) groups is 1. The molecule has 0 unspecified atom stereocenters. The fourth-order valence-corrected chi connectivity index (χ4v) is 5.01. The molecule has 6 heteroatoms. The quantitative estimate of drug-likeness (QED) is 0.440. The van der Waals surface area contributed by atoms with Crippen molar-refractivity contribution in [2.24, 2.45) is 0 Å². The van der Waals surface area contributed by atoms with Crippen molar-refractivity contribution in [3.63, 3.8) is 0 Å². The van der Waals surface area contributed by atoms with Gasteiger partial charge in [0.25, 0.3) is 5.91 Å². The molecule has 0 saturated carbocycles. The Hall–Kier alpha value is -2.15. The van der Waals surface area contributed by atoms with Gasteiger partial charge >= 0.3 is 0 Å². The smallest absolute Gasteiger partial charge is 0.257 e. The molecule has 2 aromatic heterocycles. The van der Waals surface area contributed by atoms with Crippen molar-refractivity contribution in [3.8, 4) is 10.6 Å². The third-order valence-electron chi connectivity index (χ3n) is 3.77. The predicted molar refractivity (Wildman–Crippen MR) is 109 cm³/mol. The van der Waals surface area contributed by atoms with E-state index in [0.717, 1.165) is 30.7 Å². The number of anilines is 1. The zero-order chi connectivity index (χ0) is 17.2. The number of hydrogen-bond donors (Lipinski definition) is 1. The molecule has 1 N–H and O–H groups in total. The standard InChI is InChI=1S/C19H14N2OS3/c1-23-15-8-4-2-6-12(15)17(22)21-18-13(10-11-24-18)19-20-14-7-3-5-9-16(14)25-19/h2-11H,1H3,(H,21,22). The summed E-state index contributed by atoms with van der Waals surface area (Å²) in [4.78, 5) is 18.4. The minimum atomic E-state index is -0.0882. The number of nitrogens with one attached hydrogen (secondary N) is 1. The summed E-state index contributed by atoms with van der Waals surface area (Å²) in [6.07, 6.45) is 1.98. The number of hydrogen-bond acceptors (Lipinski definition) is 5. The van der Waals surface area contributed by atoms with Crippen LogP contribution < -0.4 is 5.32 Å². The van der Waals surface area contributed by atoms with Crippen molar-refractivity contribution >= 4 is 55.6 Å². The van der Waals surface area contributed by atoms with Gasteiger partial charge in [0.15, 0.2) is 0 Å². The lowest BCUT2D eigenvalue weighted by Crippen LogP contribution is -2.12. The Labute approximate surface area is 157 Å². The molecule has 4 rings (SSSR count). The Morgan fingerprint density at radius 1 is 1.08 bits per heavy atom. The lowest BCUT2D eigenvalue weighted by atomic mass is 10.2. The van der Waals surface area contributed by atoms with E-state index in [1.54, 1.807) is 23.1 Å². The third-order valence-corrected chi connectivity index (χ3v) is 6.46. The monoisotopic (exact) mass is 382 g/mol. The van der Waals surface area contributed by atoms with E-state index in [1.165, 1.54) is 11.3 Å². The van der Waals surface area contributed by atoms with Crippen molar-refractivity contribution in [2.45, 2.75) is 4.90 Å². The van der Waals surface area contributed by atoms with Gasteiger partial charge in [-0.25, -0.2) is 4.98 Å². The molecule has 0 saturated heterocycles. The minimum absolute atomic E-state index is 0.0882. The largest absolute Gasteiger partial charge is 0.313 e. The van der Waals surface area contributed by atoms with Crippen LogP contribution in [-0.2, 0) is 0 Å². The van der Waals surface area contributed by atoms with Gasteiger partial charge in [0.1, 0.15) is 10.0 Å². The number of aromatic nitrogens is 1. The number of fused-ring (bicyclic) bond motifs is 1. The van der Waals surface area contributed by atoms with E-state index in [0.29, 0.717) is 5.56 Å². The van der Waals surface area contributed by atoms with E-state index in [-0.39, 0.29) is 5.91 Å². The fraction of sp³-hybridized carbons (Fsp3) is 0.0526. The zero-order valence-electron chi connectivity index (χ0n) is 13.4. The summed E-state index contributed by atoms with van der Waals surface area (Å²) in [5.41, 5.74) is 2.65. The van der Waals surface area contributed by atoms with Gasteiger partial charge in [-0.05, 0) is 42.0 Å². The maximum Gasteiger partial charge on any atom is 0.257 e. The maximum absolute atomic E-state index is 12.7. The number of benzene rings is 2. The fourth-order valence-electron chi connectivity index (χ4n) is 2.56. The number of thiophene rings is 1. The molecule has 1 amide bonds. The minimum Gasteiger partial charge on any atom is -0.313 e. The number of thiazole rings is 1. The van der Waals surface area contributed by atoms with E-state index >= 15 is 0 Å². The Balaban J connectivity index is 1.67. The van der Waals surface area contributed by atoms with Gasteiger partial charge in [-0.2, -0.15) is 0 Å². The average Bonchev–Trinajstić information content (AvgIpc) is 3.27. The zero-order valence-corrected chi connectivity index (χ0v) is 15.8. The van der Waals surface area contributed by atoms with Crippen LogP contribution in [0.25, 0.3) is 20.8 Å². The molecule has 0 aliphatic rings. The van der Waals surface area contributed by atoms with Crippen LogP contribution in [0.2, 0.25) is 0 Å². The highest BCUT2D eigenvalue weighted by molar-refractivity contribution is 7.98. The van der Waals surface area contributed by atoms with Crippen LogP contribution in [-0.4, -0.2) is 17.1 Å². The summed E-state index contributed by atoms with van der Waals surface area (Å²) in [6.45, 7) is 0. The summed E-state index contributed by atoms with van der Waals surface area (Å²) in [6, 6.07) is 17.7. The number of para-hydroxylation sites is 1. The molecule has 3 nitrogen and oxygen atoms in total. The molecule has 2 aromatic carbocycles. The Bertz CT molecular complexity index is 1020. The SMILES string of the molecule is CSc1ccccc1C(=O)Nc1sccc1-c1nc2ccccc2s1. The van der Waals surface area contributed by atoms with Gasteiger partial charge in [0.05, 0.1) is 15.8 Å². The first-order chi connectivity index (χ1) is 12.3. The molecular weight excluding hydrogens is 368 g/mol. The Morgan fingerprint density at radius 3 is 2.72 bits per heavy atom. The topological polar surface area (TPSA) is 42.0 Å². The van der Waals surface area contributed by atoms with Gasteiger partial charge in [0, 0.05) is 10.5 Å². The first kappa shape index (κ1) is 16.3. The Morgan fingerprint density at radius 2 is 1.88 bits per heavy atom. The lowest BCUT2D eigenvalue weighted by molar-refractivity contribution is 0.102. The molecule has 4 aromatic rings. The summed E-state index contributed by atoms with van der Waals surface area (Å²) >= 11 is 4.73. The number of carbonyl (C=O) groups excluding carboxylic acids is 1. The van der Waals surface area contributed by atoms with Crippen LogP contribution >= 0.6 is 34.4 Å². The molecule has 25 heavy (non-hydrogen) atoms. The normalized spacial score (nSPS) is 10.9. The summed E-state index contributed by atoms with van der Waals surface area (Å²) in [7, 11) is 0. The molecule has 124 valence electrons. The first-order valence-electron chi connectivity index (χ1n) is 7.64. The van der Waals surface area contributed by atoms with Crippen molar-refractivity contribution in [1.82, 2.24) is 4.98 Å². The summed E-state index contributed by atoms with van der Waals surface area (Å²) in [5.74, 6) is -0.0882. The summed E-state index contributed by atoms with van der Waals surface area (Å²) in [5, 5.41) is 6.80. The number of carbonyl (C=O) groups is 1. The van der Waals surface area contributed by atoms with Gasteiger partial charge in [-0.3, -0.25) is 4.79 Å². The summed E-state index contributed by atoms with van der Waals surface area (Å²) < 4.78 is 1.15. The highest BCUT2D eigenvalue weighted by Gasteiger charge is 2.16. The lowest BCUT2D eigenvalue weighted by Gasteiger charge is -2.08. The van der Waals surface area contributed by atoms with Crippen molar-refractivity contribution in [2.75, 3.05) is 11.6 Å². The van der Waals surface area contributed by atoms with Crippen LogP contribution in [0.5, 0.6) is 0 Å². The molecule has 0 atom stereocenters. The molecular formula is C19H14N2OS3. The number of nitrogens with zero attached hydrogens (tertiary/aromatic N) is 1. The highest BCUT2D eigenvalue weighted by atomic mass is 32.2. The van der Waals surface area contributed by atoms with Crippen LogP contribution in [0.3, 0.4) is 0 Å². The van der Waals surface area contributed by atoms with Crippen LogP contribution in [0.15, 0.2) is 64.9 Å². The second kappa shape index (κ2) is 7.00. The van der Waals surface area contributed by atoms with Crippen molar-refractivity contribution < 1.29 is 4.79 Å². The average molecular weight is 383 g/mol. The highest BCUT2D eigenvalue weighted by Crippen LogP contribution is 2.38. The third kappa shape index (κ3) is 3.20.